The van der Waals surface area contributed by atoms with E-state index in [1.54, 1.807) is 72.1 Å². The molecule has 0 aliphatic carbocycles. The molecule has 0 radical (unpaired) electrons. The summed E-state index contributed by atoms with van der Waals surface area (Å²) in [6, 6.07) is 17.5. The lowest BCUT2D eigenvalue weighted by Crippen LogP contribution is -2.34. The van der Waals surface area contributed by atoms with Gasteiger partial charge in [-0.25, -0.2) is 4.79 Å². The van der Waals surface area contributed by atoms with Crippen molar-refractivity contribution in [2.75, 3.05) is 11.5 Å². The number of fused-ring (bicyclic) bond motifs is 6. The fourth-order valence-electron chi connectivity index (χ4n) is 8.27. The van der Waals surface area contributed by atoms with Crippen molar-refractivity contribution in [3.63, 3.8) is 0 Å². The number of thioether (sulfide) groups is 4. The van der Waals surface area contributed by atoms with Gasteiger partial charge in [0.1, 0.15) is 39.5 Å². The molecule has 0 saturated carbocycles. The Morgan fingerprint density at radius 2 is 0.940 bits per heavy atom. The summed E-state index contributed by atoms with van der Waals surface area (Å²) in [5.74, 6) is 1.68. The Kier molecular flexibility index (Phi) is 22.9. The average Bonchev–Trinajstić information content (AvgIpc) is 3.58. The summed E-state index contributed by atoms with van der Waals surface area (Å²) in [5, 5.41) is 0. The fraction of sp³-hybridized carbons (Fsp3) is 0.574. The quantitative estimate of drug-likeness (QED) is 0.0300. The maximum Gasteiger partial charge on any atom is 0.340 e. The first-order valence-electron chi connectivity index (χ1n) is 24.7. The summed E-state index contributed by atoms with van der Waals surface area (Å²) in [6.07, 6.45) is 25.6. The highest BCUT2D eigenvalue weighted by Crippen LogP contribution is 2.57. The van der Waals surface area contributed by atoms with Gasteiger partial charge in [-0.05, 0) is 82.4 Å². The van der Waals surface area contributed by atoms with E-state index in [2.05, 4.69) is 13.8 Å². The topological polar surface area (TPSA) is 88.1 Å². The van der Waals surface area contributed by atoms with Gasteiger partial charge in [-0.15, -0.1) is 23.5 Å². The van der Waals surface area contributed by atoms with Crippen molar-refractivity contribution in [1.29, 1.82) is 0 Å². The number of ether oxygens (including phenoxy) is 4. The van der Waals surface area contributed by atoms with Crippen LogP contribution in [0, 0.1) is 0 Å². The van der Waals surface area contributed by atoms with E-state index < -0.39 is 33.0 Å². The normalized spacial score (nSPS) is 13.6. The summed E-state index contributed by atoms with van der Waals surface area (Å²) in [6.45, 7) is 11.8. The van der Waals surface area contributed by atoms with Crippen molar-refractivity contribution in [2.45, 2.75) is 185 Å². The van der Waals surface area contributed by atoms with E-state index in [-0.39, 0.29) is 11.5 Å². The van der Waals surface area contributed by atoms with E-state index in [0.29, 0.717) is 40.8 Å². The smallest absolute Gasteiger partial charge is 0.340 e. The highest BCUT2D eigenvalue weighted by molar-refractivity contribution is 8.48. The summed E-state index contributed by atoms with van der Waals surface area (Å²) in [4.78, 5) is 40.9. The Hall–Kier alpha value is -2.55. The average molecular weight is 1030 g/mol. The Morgan fingerprint density at radius 1 is 0.552 bits per heavy atom. The molecule has 13 heteroatoms. The molecule has 3 aromatic rings. The van der Waals surface area contributed by atoms with Crippen LogP contribution in [-0.4, -0.2) is 46.0 Å². The van der Waals surface area contributed by atoms with E-state index in [0.717, 1.165) is 24.3 Å². The van der Waals surface area contributed by atoms with Crippen LogP contribution < -0.4 is 14.2 Å². The summed E-state index contributed by atoms with van der Waals surface area (Å²) in [5.41, 5.74) is 0.878. The number of benzene rings is 3. The van der Waals surface area contributed by atoms with Gasteiger partial charge in [0.15, 0.2) is 5.60 Å². The molecule has 0 fully saturated rings. The van der Waals surface area contributed by atoms with E-state index in [9.17, 15) is 14.4 Å². The highest BCUT2D eigenvalue weighted by atomic mass is 32.2. The van der Waals surface area contributed by atoms with Crippen LogP contribution in [0.15, 0.2) is 60.7 Å². The summed E-state index contributed by atoms with van der Waals surface area (Å²) in [7, 11) is 0. The number of rotatable bonds is 28. The second kappa shape index (κ2) is 27.7. The molecule has 2 heterocycles. The SMILES string of the molecule is CCCCCCCCCCCCSC(=S)SC(C)(C)C(=O)Oc1ccc2c(c1)Oc1cc(OC(=O)C(C)(C)SC(=S)SCCCCCCCCCCCC)ccc1C21OC(=O)c2ccccc21. The third-order valence-electron chi connectivity index (χ3n) is 12.2. The van der Waals surface area contributed by atoms with E-state index in [4.69, 9.17) is 43.4 Å². The number of thiocarbonyl (C=S) groups is 2. The van der Waals surface area contributed by atoms with Gasteiger partial charge in [-0.1, -0.05) is 196 Å². The Labute approximate surface area is 429 Å². The predicted molar refractivity (Wildman–Crippen MR) is 293 cm³/mol. The number of unbranched alkanes of at least 4 members (excludes halogenated alkanes) is 18. The molecule has 0 amide bonds. The predicted octanol–water partition coefficient (Wildman–Crippen LogP) is 17.0. The lowest BCUT2D eigenvalue weighted by atomic mass is 9.77. The molecule has 67 heavy (non-hydrogen) atoms. The van der Waals surface area contributed by atoms with Crippen LogP contribution in [0.1, 0.15) is 197 Å². The third-order valence-corrected chi connectivity index (χ3v) is 17.7. The molecule has 0 bridgehead atoms. The number of carbonyl (C=O) groups is 3. The van der Waals surface area contributed by atoms with E-state index in [1.165, 1.54) is 139 Å². The largest absolute Gasteiger partial charge is 0.456 e. The minimum absolute atomic E-state index is 0.265. The molecule has 0 atom stereocenters. The molecule has 5 rings (SSSR count). The van der Waals surface area contributed by atoms with Gasteiger partial charge in [0.05, 0.1) is 5.56 Å². The molecule has 1 spiro atoms. The number of esters is 3. The van der Waals surface area contributed by atoms with Crippen LogP contribution in [0.3, 0.4) is 0 Å². The first kappa shape index (κ1) is 55.4. The van der Waals surface area contributed by atoms with Gasteiger partial charge in [-0.2, -0.15) is 0 Å². The van der Waals surface area contributed by atoms with Crippen molar-refractivity contribution < 1.29 is 33.3 Å². The highest BCUT2D eigenvalue weighted by Gasteiger charge is 2.53. The molecular formula is C54H72O7S6. The third kappa shape index (κ3) is 16.2. The number of carbonyl (C=O) groups excluding carboxylic acids is 3. The van der Waals surface area contributed by atoms with Crippen LogP contribution in [0.25, 0.3) is 0 Å². The van der Waals surface area contributed by atoms with Crippen LogP contribution in [0.2, 0.25) is 0 Å². The van der Waals surface area contributed by atoms with Gasteiger partial charge >= 0.3 is 17.9 Å². The molecule has 2 aliphatic heterocycles. The van der Waals surface area contributed by atoms with Gasteiger partial charge < -0.3 is 18.9 Å². The molecule has 2 aliphatic rings. The molecule has 0 aromatic heterocycles. The summed E-state index contributed by atoms with van der Waals surface area (Å²) < 4.78 is 24.4. The zero-order chi connectivity index (χ0) is 48.3. The van der Waals surface area contributed by atoms with Gasteiger partial charge in [-0.3, -0.25) is 9.59 Å². The molecule has 0 N–H and O–H groups in total. The van der Waals surface area contributed by atoms with Crippen LogP contribution >= 0.6 is 71.5 Å². The maximum absolute atomic E-state index is 13.7. The zero-order valence-corrected chi connectivity index (χ0v) is 45.5. The standard InChI is InChI=1S/C54H72O7S6/c1-7-9-11-13-15-17-19-21-23-27-35-64-50(62)66-52(3,4)48(56)58-39-31-33-43-45(37-39)60-46-38-40(32-34-44(46)54(43)42-30-26-25-29-41(42)47(55)61-54)59-49(57)53(5,6)67-51(63)65-36-28-24-22-20-18-16-14-12-10-8-2/h25-26,29-34,37-38H,7-24,27-28,35-36H2,1-6H3. The van der Waals surface area contributed by atoms with Crippen LogP contribution in [-0.2, 0) is 19.9 Å². The monoisotopic (exact) mass is 1020 g/mol. The van der Waals surface area contributed by atoms with Crippen molar-refractivity contribution >= 4 is 96.4 Å². The Bertz CT molecular complexity index is 2020. The Morgan fingerprint density at radius 3 is 1.36 bits per heavy atom. The molecule has 0 unspecified atom stereocenters. The number of hydrogen-bond donors (Lipinski definition) is 0. The molecule has 0 saturated heterocycles. The van der Waals surface area contributed by atoms with Crippen molar-refractivity contribution in [3.05, 3.63) is 82.9 Å². The molecule has 7 nitrogen and oxygen atoms in total. The summed E-state index contributed by atoms with van der Waals surface area (Å²) >= 11 is 17.3. The lowest BCUT2D eigenvalue weighted by Gasteiger charge is -2.36. The van der Waals surface area contributed by atoms with Gasteiger partial charge in [0.2, 0.25) is 0 Å². The first-order chi connectivity index (χ1) is 32.2. The number of hydrogen-bond acceptors (Lipinski definition) is 13. The Balaban J connectivity index is 1.19. The van der Waals surface area contributed by atoms with Crippen molar-refractivity contribution in [1.82, 2.24) is 0 Å². The van der Waals surface area contributed by atoms with Crippen molar-refractivity contribution in [2.24, 2.45) is 0 Å². The lowest BCUT2D eigenvalue weighted by molar-refractivity contribution is -0.137. The van der Waals surface area contributed by atoms with E-state index >= 15 is 0 Å². The minimum Gasteiger partial charge on any atom is -0.456 e. The second-order valence-electron chi connectivity index (χ2n) is 18.6. The van der Waals surface area contributed by atoms with Gasteiger partial charge in [0, 0.05) is 28.8 Å². The van der Waals surface area contributed by atoms with Crippen molar-refractivity contribution in [3.8, 4) is 23.0 Å². The molecule has 3 aromatic carbocycles. The maximum atomic E-state index is 13.7. The van der Waals surface area contributed by atoms with Crippen LogP contribution in [0.4, 0.5) is 0 Å². The van der Waals surface area contributed by atoms with E-state index in [1.807, 2.05) is 39.8 Å². The second-order valence-corrected chi connectivity index (χ2v) is 26.4. The van der Waals surface area contributed by atoms with Gasteiger partial charge in [0.25, 0.3) is 0 Å². The minimum atomic E-state index is -1.36. The zero-order valence-electron chi connectivity index (χ0n) is 40.6. The molecular weight excluding hydrogens is 953 g/mol. The van der Waals surface area contributed by atoms with Crippen LogP contribution in [0.5, 0.6) is 23.0 Å². The fourth-order valence-corrected chi connectivity index (χ4v) is 14.4. The molecule has 366 valence electrons. The first-order valence-corrected chi connectivity index (χ1v) is 29.1.